The van der Waals surface area contributed by atoms with Gasteiger partial charge in [-0.15, -0.1) is 0 Å². The number of carbonyl (C=O) groups is 1. The van der Waals surface area contributed by atoms with Gasteiger partial charge >= 0.3 is 6.03 Å². The molecule has 2 amide bonds. The molecule has 7 heteroatoms. The van der Waals surface area contributed by atoms with Crippen LogP contribution < -0.4 is 10.6 Å². The van der Waals surface area contributed by atoms with Gasteiger partial charge in [0.05, 0.1) is 17.7 Å². The van der Waals surface area contributed by atoms with Crippen molar-refractivity contribution in [1.29, 1.82) is 5.26 Å². The fourth-order valence-electron chi connectivity index (χ4n) is 2.46. The van der Waals surface area contributed by atoms with E-state index in [4.69, 9.17) is 5.26 Å². The standard InChI is InChI=1S/C19H18N6O/c1-14(17-5-3-15(12-20)4-6-17)24-19(26)22-13-16-7-9-21-18(11-16)25-10-2-8-23-25/h2-11,14H,13H2,1H3,(H2,22,24,26)/t14-/m0/s1. The number of nitrogens with zero attached hydrogens (tertiary/aromatic N) is 4. The van der Waals surface area contributed by atoms with Crippen molar-refractivity contribution in [2.45, 2.75) is 19.5 Å². The lowest BCUT2D eigenvalue weighted by atomic mass is 10.1. The third-order valence-electron chi connectivity index (χ3n) is 3.89. The molecular weight excluding hydrogens is 328 g/mol. The Morgan fingerprint density at radius 1 is 1.27 bits per heavy atom. The summed E-state index contributed by atoms with van der Waals surface area (Å²) in [4.78, 5) is 16.4. The second kappa shape index (κ2) is 7.94. The highest BCUT2D eigenvalue weighted by atomic mass is 16.2. The quantitative estimate of drug-likeness (QED) is 0.742. The van der Waals surface area contributed by atoms with Gasteiger partial charge in [-0.25, -0.2) is 14.5 Å². The van der Waals surface area contributed by atoms with E-state index in [9.17, 15) is 4.79 Å². The zero-order chi connectivity index (χ0) is 18.4. The first-order valence-electron chi connectivity index (χ1n) is 8.15. The van der Waals surface area contributed by atoms with Crippen molar-refractivity contribution in [2.75, 3.05) is 0 Å². The van der Waals surface area contributed by atoms with Crippen LogP contribution in [0.15, 0.2) is 61.1 Å². The minimum atomic E-state index is -0.265. The maximum Gasteiger partial charge on any atom is 0.315 e. The third-order valence-corrected chi connectivity index (χ3v) is 3.89. The van der Waals surface area contributed by atoms with Crippen LogP contribution in [0.5, 0.6) is 0 Å². The molecule has 0 aliphatic carbocycles. The van der Waals surface area contributed by atoms with Gasteiger partial charge in [0, 0.05) is 25.1 Å². The average molecular weight is 346 g/mol. The molecule has 0 unspecified atom stereocenters. The van der Waals surface area contributed by atoms with Crippen LogP contribution in [-0.2, 0) is 6.54 Å². The molecule has 26 heavy (non-hydrogen) atoms. The van der Waals surface area contributed by atoms with E-state index in [-0.39, 0.29) is 12.1 Å². The molecule has 0 aliphatic rings. The summed E-state index contributed by atoms with van der Waals surface area (Å²) >= 11 is 0. The number of nitrogens with one attached hydrogen (secondary N) is 2. The molecule has 0 saturated carbocycles. The first kappa shape index (κ1) is 17.2. The number of aromatic nitrogens is 3. The van der Waals surface area contributed by atoms with Crippen molar-refractivity contribution in [2.24, 2.45) is 0 Å². The molecule has 7 nitrogen and oxygen atoms in total. The highest BCUT2D eigenvalue weighted by molar-refractivity contribution is 5.74. The summed E-state index contributed by atoms with van der Waals surface area (Å²) in [6, 6.07) is 14.3. The summed E-state index contributed by atoms with van der Waals surface area (Å²) < 4.78 is 1.66. The number of urea groups is 1. The van der Waals surface area contributed by atoms with Crippen LogP contribution in [0.3, 0.4) is 0 Å². The second-order valence-electron chi connectivity index (χ2n) is 5.76. The molecule has 3 rings (SSSR count). The van der Waals surface area contributed by atoms with E-state index < -0.39 is 0 Å². The van der Waals surface area contributed by atoms with E-state index in [0.717, 1.165) is 11.1 Å². The predicted octanol–water partition coefficient (Wildman–Crippen LogP) is 2.70. The van der Waals surface area contributed by atoms with Gasteiger partial charge in [-0.2, -0.15) is 10.4 Å². The molecule has 0 aliphatic heterocycles. The molecule has 1 atom stereocenters. The van der Waals surface area contributed by atoms with Crippen LogP contribution >= 0.6 is 0 Å². The fourth-order valence-corrected chi connectivity index (χ4v) is 2.46. The number of rotatable bonds is 5. The lowest BCUT2D eigenvalue weighted by molar-refractivity contribution is 0.237. The lowest BCUT2D eigenvalue weighted by Gasteiger charge is -2.15. The van der Waals surface area contributed by atoms with E-state index >= 15 is 0 Å². The molecule has 0 bridgehead atoms. The van der Waals surface area contributed by atoms with E-state index in [1.54, 1.807) is 29.2 Å². The average Bonchev–Trinajstić information content (AvgIpc) is 3.21. The summed E-state index contributed by atoms with van der Waals surface area (Å²) in [6.07, 6.45) is 5.18. The van der Waals surface area contributed by atoms with Crippen molar-refractivity contribution in [3.8, 4) is 11.9 Å². The molecule has 2 N–H and O–H groups in total. The maximum atomic E-state index is 12.1. The number of nitriles is 1. The molecule has 0 saturated heterocycles. The fraction of sp³-hybridized carbons (Fsp3) is 0.158. The van der Waals surface area contributed by atoms with Crippen LogP contribution in [0, 0.1) is 11.3 Å². The smallest absolute Gasteiger partial charge is 0.315 e. The van der Waals surface area contributed by atoms with Gasteiger partial charge in [-0.3, -0.25) is 0 Å². The van der Waals surface area contributed by atoms with Crippen molar-refractivity contribution < 1.29 is 4.79 Å². The number of pyridine rings is 1. The number of carbonyl (C=O) groups excluding carboxylic acids is 1. The minimum Gasteiger partial charge on any atom is -0.334 e. The lowest BCUT2D eigenvalue weighted by Crippen LogP contribution is -2.36. The van der Waals surface area contributed by atoms with Crippen molar-refractivity contribution in [1.82, 2.24) is 25.4 Å². The topological polar surface area (TPSA) is 95.6 Å². The Morgan fingerprint density at radius 3 is 2.77 bits per heavy atom. The van der Waals surface area contributed by atoms with Crippen LogP contribution in [0.2, 0.25) is 0 Å². The Morgan fingerprint density at radius 2 is 2.08 bits per heavy atom. The third kappa shape index (κ3) is 4.24. The van der Waals surface area contributed by atoms with Gasteiger partial charge in [-0.1, -0.05) is 12.1 Å². The monoisotopic (exact) mass is 346 g/mol. The zero-order valence-electron chi connectivity index (χ0n) is 14.3. The highest BCUT2D eigenvalue weighted by Gasteiger charge is 2.09. The number of hydrogen-bond donors (Lipinski definition) is 2. The van der Waals surface area contributed by atoms with Gasteiger partial charge in [0.2, 0.25) is 0 Å². The molecule has 1 aromatic carbocycles. The molecule has 0 radical (unpaired) electrons. The first-order valence-corrected chi connectivity index (χ1v) is 8.15. The van der Waals surface area contributed by atoms with Gasteiger partial charge in [0.15, 0.2) is 5.82 Å². The summed E-state index contributed by atoms with van der Waals surface area (Å²) in [5.74, 6) is 0.695. The molecule has 2 heterocycles. The van der Waals surface area contributed by atoms with Crippen LogP contribution in [-0.4, -0.2) is 20.8 Å². The Balaban J connectivity index is 1.55. The van der Waals surface area contributed by atoms with Gasteiger partial charge in [0.1, 0.15) is 0 Å². The Bertz CT molecular complexity index is 912. The summed E-state index contributed by atoms with van der Waals surface area (Å²) in [6.45, 7) is 2.27. The van der Waals surface area contributed by atoms with Gasteiger partial charge in [0.25, 0.3) is 0 Å². The molecule has 0 spiro atoms. The minimum absolute atomic E-state index is 0.167. The second-order valence-corrected chi connectivity index (χ2v) is 5.76. The Kier molecular flexibility index (Phi) is 5.25. The van der Waals surface area contributed by atoms with E-state index in [0.29, 0.717) is 17.9 Å². The molecule has 3 aromatic rings. The molecule has 130 valence electrons. The van der Waals surface area contributed by atoms with E-state index in [1.165, 1.54) is 0 Å². The van der Waals surface area contributed by atoms with Crippen molar-refractivity contribution in [3.05, 3.63) is 77.7 Å². The highest BCUT2D eigenvalue weighted by Crippen LogP contribution is 2.13. The van der Waals surface area contributed by atoms with Crippen LogP contribution in [0.4, 0.5) is 4.79 Å². The maximum absolute atomic E-state index is 12.1. The molecular formula is C19H18N6O. The largest absolute Gasteiger partial charge is 0.334 e. The Hall–Kier alpha value is -3.66. The first-order chi connectivity index (χ1) is 12.7. The van der Waals surface area contributed by atoms with Gasteiger partial charge in [-0.05, 0) is 48.4 Å². The zero-order valence-corrected chi connectivity index (χ0v) is 14.3. The Labute approximate surface area is 151 Å². The van der Waals surface area contributed by atoms with Crippen LogP contribution in [0.25, 0.3) is 5.82 Å². The SMILES string of the molecule is C[C@H](NC(=O)NCc1ccnc(-n2cccn2)c1)c1ccc(C#N)cc1. The van der Waals surface area contributed by atoms with Crippen molar-refractivity contribution in [3.63, 3.8) is 0 Å². The van der Waals surface area contributed by atoms with E-state index in [2.05, 4.69) is 26.8 Å². The summed E-state index contributed by atoms with van der Waals surface area (Å²) in [5, 5.41) is 18.7. The van der Waals surface area contributed by atoms with E-state index in [1.807, 2.05) is 43.5 Å². The number of benzene rings is 1. The predicted molar refractivity (Wildman–Crippen MR) is 96.3 cm³/mol. The molecule has 0 fully saturated rings. The van der Waals surface area contributed by atoms with Crippen LogP contribution in [0.1, 0.15) is 29.7 Å². The normalized spacial score (nSPS) is 11.4. The summed E-state index contributed by atoms with van der Waals surface area (Å²) in [7, 11) is 0. The number of hydrogen-bond acceptors (Lipinski definition) is 4. The van der Waals surface area contributed by atoms with Gasteiger partial charge < -0.3 is 10.6 Å². The van der Waals surface area contributed by atoms with Crippen molar-refractivity contribution >= 4 is 6.03 Å². The number of amides is 2. The molecule has 2 aromatic heterocycles. The summed E-state index contributed by atoms with van der Waals surface area (Å²) in [5.41, 5.74) is 2.45.